The number of pyridine rings is 1. The van der Waals surface area contributed by atoms with Gasteiger partial charge in [0.15, 0.2) is 0 Å². The second kappa shape index (κ2) is 5.05. The Balaban J connectivity index is 2.15. The highest BCUT2D eigenvalue weighted by Crippen LogP contribution is 2.31. The first kappa shape index (κ1) is 12.2. The number of rotatable bonds is 1. The molecule has 2 heterocycles. The van der Waals surface area contributed by atoms with Crippen LogP contribution in [-0.4, -0.2) is 31.2 Å². The van der Waals surface area contributed by atoms with Gasteiger partial charge in [0.1, 0.15) is 5.82 Å². The molecule has 1 aromatic carbocycles. The van der Waals surface area contributed by atoms with E-state index in [1.54, 1.807) is 0 Å². The number of nitrogen functional groups attached to an aromatic ring is 1. The third-order valence-corrected chi connectivity index (χ3v) is 3.79. The largest absolute Gasteiger partial charge is 0.398 e. The Hall–Kier alpha value is -1.81. The molecule has 1 aromatic heterocycles. The van der Waals surface area contributed by atoms with Crippen LogP contribution >= 0.6 is 0 Å². The number of aromatic nitrogens is 1. The van der Waals surface area contributed by atoms with E-state index in [1.165, 1.54) is 10.9 Å². The maximum absolute atomic E-state index is 6.10. The number of benzene rings is 1. The molecule has 2 aromatic rings. The molecule has 0 spiro atoms. The van der Waals surface area contributed by atoms with Crippen molar-refractivity contribution in [1.82, 2.24) is 10.3 Å². The zero-order valence-electron chi connectivity index (χ0n) is 11.3. The van der Waals surface area contributed by atoms with Gasteiger partial charge in [-0.3, -0.25) is 0 Å². The molecule has 0 saturated carbocycles. The maximum atomic E-state index is 6.10. The molecule has 0 radical (unpaired) electrons. The van der Waals surface area contributed by atoms with Crippen molar-refractivity contribution in [3.63, 3.8) is 0 Å². The Morgan fingerprint density at radius 2 is 2.11 bits per heavy atom. The molecule has 3 rings (SSSR count). The summed E-state index contributed by atoms with van der Waals surface area (Å²) in [6.07, 6.45) is 3.02. The molecule has 0 amide bonds. The summed E-state index contributed by atoms with van der Waals surface area (Å²) in [7, 11) is 0. The van der Waals surface area contributed by atoms with E-state index in [4.69, 9.17) is 5.73 Å². The standard InChI is InChI=1S/C15H20N4/c1-11-3-4-13(16)12-5-7-18-15(14(11)12)19-9-2-6-17-8-10-19/h3-5,7,17H,2,6,8-10,16H2,1H3. The van der Waals surface area contributed by atoms with Gasteiger partial charge >= 0.3 is 0 Å². The molecule has 0 unspecified atom stereocenters. The van der Waals surface area contributed by atoms with E-state index in [1.807, 2.05) is 18.3 Å². The van der Waals surface area contributed by atoms with Gasteiger partial charge in [-0.2, -0.15) is 0 Å². The fourth-order valence-electron chi connectivity index (χ4n) is 2.77. The Morgan fingerprint density at radius 3 is 3.00 bits per heavy atom. The molecule has 3 N–H and O–H groups in total. The minimum Gasteiger partial charge on any atom is -0.398 e. The zero-order chi connectivity index (χ0) is 13.2. The van der Waals surface area contributed by atoms with Crippen molar-refractivity contribution in [3.05, 3.63) is 30.0 Å². The highest BCUT2D eigenvalue weighted by Gasteiger charge is 2.15. The Labute approximate surface area is 113 Å². The van der Waals surface area contributed by atoms with Crippen LogP contribution < -0.4 is 16.0 Å². The molecule has 4 heteroatoms. The van der Waals surface area contributed by atoms with Gasteiger partial charge in [-0.1, -0.05) is 6.07 Å². The van der Waals surface area contributed by atoms with E-state index >= 15 is 0 Å². The van der Waals surface area contributed by atoms with Crippen molar-refractivity contribution in [3.8, 4) is 0 Å². The van der Waals surface area contributed by atoms with Gasteiger partial charge < -0.3 is 16.0 Å². The van der Waals surface area contributed by atoms with Crippen LogP contribution in [0.5, 0.6) is 0 Å². The van der Waals surface area contributed by atoms with Crippen molar-refractivity contribution < 1.29 is 0 Å². The van der Waals surface area contributed by atoms with Crippen LogP contribution in [0.1, 0.15) is 12.0 Å². The van der Waals surface area contributed by atoms with E-state index in [0.717, 1.165) is 49.5 Å². The minimum absolute atomic E-state index is 0.831. The summed E-state index contributed by atoms with van der Waals surface area (Å²) in [5.74, 6) is 1.08. The Bertz CT molecular complexity index is 586. The zero-order valence-corrected chi connectivity index (χ0v) is 11.3. The number of nitrogens with zero attached hydrogens (tertiary/aromatic N) is 2. The SMILES string of the molecule is Cc1ccc(N)c2ccnc(N3CCCNCC3)c12. The van der Waals surface area contributed by atoms with Crippen molar-refractivity contribution in [2.75, 3.05) is 36.8 Å². The van der Waals surface area contributed by atoms with Crippen molar-refractivity contribution in [1.29, 1.82) is 0 Å². The molecule has 100 valence electrons. The predicted octanol–water partition coefficient (Wildman–Crippen LogP) is 1.93. The Kier molecular flexibility index (Phi) is 3.25. The molecule has 1 saturated heterocycles. The summed E-state index contributed by atoms with van der Waals surface area (Å²) in [4.78, 5) is 6.99. The third kappa shape index (κ3) is 2.24. The first-order valence-corrected chi connectivity index (χ1v) is 6.87. The number of fused-ring (bicyclic) bond motifs is 1. The predicted molar refractivity (Wildman–Crippen MR) is 80.6 cm³/mol. The van der Waals surface area contributed by atoms with Gasteiger partial charge in [0.05, 0.1) is 0 Å². The first-order valence-electron chi connectivity index (χ1n) is 6.87. The average molecular weight is 256 g/mol. The van der Waals surface area contributed by atoms with E-state index in [9.17, 15) is 0 Å². The lowest BCUT2D eigenvalue weighted by Crippen LogP contribution is -2.28. The van der Waals surface area contributed by atoms with Gasteiger partial charge in [0.2, 0.25) is 0 Å². The summed E-state index contributed by atoms with van der Waals surface area (Å²) >= 11 is 0. The summed E-state index contributed by atoms with van der Waals surface area (Å²) in [6.45, 7) is 6.28. The average Bonchev–Trinajstić information content (AvgIpc) is 2.71. The fraction of sp³-hybridized carbons (Fsp3) is 0.400. The number of hydrogen-bond acceptors (Lipinski definition) is 4. The van der Waals surface area contributed by atoms with Crippen LogP contribution in [0.3, 0.4) is 0 Å². The lowest BCUT2D eigenvalue weighted by molar-refractivity contribution is 0.724. The Morgan fingerprint density at radius 1 is 1.21 bits per heavy atom. The third-order valence-electron chi connectivity index (χ3n) is 3.79. The maximum Gasteiger partial charge on any atom is 0.136 e. The molecule has 19 heavy (non-hydrogen) atoms. The molecule has 1 aliphatic heterocycles. The van der Waals surface area contributed by atoms with E-state index in [2.05, 4.69) is 28.2 Å². The van der Waals surface area contributed by atoms with Crippen LogP contribution in [0.2, 0.25) is 0 Å². The summed E-state index contributed by atoms with van der Waals surface area (Å²) < 4.78 is 0. The van der Waals surface area contributed by atoms with Gasteiger partial charge in [0.25, 0.3) is 0 Å². The normalized spacial score (nSPS) is 16.6. The van der Waals surface area contributed by atoms with Gasteiger partial charge in [0, 0.05) is 42.3 Å². The summed E-state index contributed by atoms with van der Waals surface area (Å²) in [6, 6.07) is 6.07. The topological polar surface area (TPSA) is 54.2 Å². The molecule has 1 aliphatic rings. The van der Waals surface area contributed by atoms with Crippen LogP contribution in [0.25, 0.3) is 10.8 Å². The molecular weight excluding hydrogens is 236 g/mol. The van der Waals surface area contributed by atoms with Gasteiger partial charge in [-0.25, -0.2) is 4.98 Å². The number of nitrogens with two attached hydrogens (primary N) is 1. The van der Waals surface area contributed by atoms with Crippen LogP contribution in [-0.2, 0) is 0 Å². The molecule has 1 fully saturated rings. The molecule has 4 nitrogen and oxygen atoms in total. The number of nitrogens with one attached hydrogen (secondary N) is 1. The fourth-order valence-corrected chi connectivity index (χ4v) is 2.77. The smallest absolute Gasteiger partial charge is 0.136 e. The number of hydrogen-bond donors (Lipinski definition) is 2. The molecule has 0 aliphatic carbocycles. The number of anilines is 2. The first-order chi connectivity index (χ1) is 9.27. The molecular formula is C15H20N4. The minimum atomic E-state index is 0.831. The number of aryl methyl sites for hydroxylation is 1. The molecule has 0 atom stereocenters. The highest BCUT2D eigenvalue weighted by molar-refractivity contribution is 6.01. The van der Waals surface area contributed by atoms with E-state index in [-0.39, 0.29) is 0 Å². The van der Waals surface area contributed by atoms with Crippen LogP contribution in [0, 0.1) is 6.92 Å². The highest BCUT2D eigenvalue weighted by atomic mass is 15.2. The monoisotopic (exact) mass is 256 g/mol. The quantitative estimate of drug-likeness (QED) is 0.765. The van der Waals surface area contributed by atoms with Crippen molar-refractivity contribution in [2.45, 2.75) is 13.3 Å². The second-order valence-electron chi connectivity index (χ2n) is 5.12. The molecule has 0 bridgehead atoms. The lowest BCUT2D eigenvalue weighted by Gasteiger charge is -2.23. The summed E-state index contributed by atoms with van der Waals surface area (Å²) in [5.41, 5.74) is 8.17. The van der Waals surface area contributed by atoms with Gasteiger partial charge in [-0.05, 0) is 37.6 Å². The second-order valence-corrected chi connectivity index (χ2v) is 5.12. The van der Waals surface area contributed by atoms with Crippen LogP contribution in [0.15, 0.2) is 24.4 Å². The van der Waals surface area contributed by atoms with E-state index < -0.39 is 0 Å². The summed E-state index contributed by atoms with van der Waals surface area (Å²) in [5, 5.41) is 5.74. The van der Waals surface area contributed by atoms with Crippen molar-refractivity contribution >= 4 is 22.3 Å². The van der Waals surface area contributed by atoms with Crippen molar-refractivity contribution in [2.24, 2.45) is 0 Å². The van der Waals surface area contributed by atoms with E-state index in [0.29, 0.717) is 0 Å². The lowest BCUT2D eigenvalue weighted by atomic mass is 10.0. The van der Waals surface area contributed by atoms with Gasteiger partial charge in [-0.15, -0.1) is 0 Å². The van der Waals surface area contributed by atoms with Crippen LogP contribution in [0.4, 0.5) is 11.5 Å².